The van der Waals surface area contributed by atoms with E-state index >= 15 is 0 Å². The van der Waals surface area contributed by atoms with Gasteiger partial charge in [0.15, 0.2) is 11.5 Å². The van der Waals surface area contributed by atoms with Gasteiger partial charge < -0.3 is 14.8 Å². The van der Waals surface area contributed by atoms with Crippen molar-refractivity contribution in [3.05, 3.63) is 53.1 Å². The number of aryl methyl sites for hydroxylation is 1. The SMILES string of the molecule is COc1cc2c(cc1OC)[C@H](c1cccc(C)c1)CC(=O)N2. The molecule has 0 unspecified atom stereocenters. The second-order valence-electron chi connectivity index (χ2n) is 5.51. The first kappa shape index (κ1) is 14.4. The number of carbonyl (C=O) groups excluding carboxylic acids is 1. The van der Waals surface area contributed by atoms with Crippen LogP contribution in [0, 0.1) is 6.92 Å². The van der Waals surface area contributed by atoms with Crippen molar-refractivity contribution < 1.29 is 14.3 Å². The number of benzene rings is 2. The molecule has 4 heteroatoms. The fraction of sp³-hybridized carbons (Fsp3) is 0.278. The summed E-state index contributed by atoms with van der Waals surface area (Å²) in [6.07, 6.45) is 0.436. The molecular weight excluding hydrogens is 278 g/mol. The molecule has 1 heterocycles. The smallest absolute Gasteiger partial charge is 0.225 e. The average Bonchev–Trinajstić information content (AvgIpc) is 2.52. The van der Waals surface area contributed by atoms with Crippen LogP contribution in [0.1, 0.15) is 29.0 Å². The van der Waals surface area contributed by atoms with Gasteiger partial charge in [0.1, 0.15) is 0 Å². The molecule has 0 fully saturated rings. The summed E-state index contributed by atoms with van der Waals surface area (Å²) in [4.78, 5) is 12.1. The Balaban J connectivity index is 2.14. The average molecular weight is 297 g/mol. The summed E-state index contributed by atoms with van der Waals surface area (Å²) in [5, 5.41) is 2.93. The number of carbonyl (C=O) groups is 1. The minimum absolute atomic E-state index is 0.0197. The highest BCUT2D eigenvalue weighted by atomic mass is 16.5. The molecule has 0 aliphatic carbocycles. The molecule has 3 rings (SSSR count). The molecule has 1 atom stereocenters. The van der Waals surface area contributed by atoms with Crippen LogP contribution in [0.5, 0.6) is 11.5 Å². The van der Waals surface area contributed by atoms with E-state index in [9.17, 15) is 4.79 Å². The van der Waals surface area contributed by atoms with Gasteiger partial charge in [0, 0.05) is 24.1 Å². The normalized spacial score (nSPS) is 16.7. The van der Waals surface area contributed by atoms with Crippen LogP contribution < -0.4 is 14.8 Å². The van der Waals surface area contributed by atoms with Crippen LogP contribution in [0.25, 0.3) is 0 Å². The molecule has 1 amide bonds. The Morgan fingerprint density at radius 1 is 1.09 bits per heavy atom. The van der Waals surface area contributed by atoms with Crippen LogP contribution >= 0.6 is 0 Å². The lowest BCUT2D eigenvalue weighted by molar-refractivity contribution is -0.116. The Kier molecular flexibility index (Phi) is 3.75. The molecule has 0 saturated heterocycles. The van der Waals surface area contributed by atoms with Crippen molar-refractivity contribution in [3.63, 3.8) is 0 Å². The molecule has 1 aliphatic rings. The van der Waals surface area contributed by atoms with E-state index in [0.29, 0.717) is 17.9 Å². The number of amides is 1. The van der Waals surface area contributed by atoms with Crippen LogP contribution in [0.3, 0.4) is 0 Å². The Hall–Kier alpha value is -2.49. The summed E-state index contributed by atoms with van der Waals surface area (Å²) >= 11 is 0. The van der Waals surface area contributed by atoms with Crippen LogP contribution in [0.2, 0.25) is 0 Å². The topological polar surface area (TPSA) is 47.6 Å². The number of nitrogens with one attached hydrogen (secondary N) is 1. The Labute approximate surface area is 130 Å². The third kappa shape index (κ3) is 2.52. The minimum atomic E-state index is 0.0197. The third-order valence-corrected chi connectivity index (χ3v) is 4.04. The molecule has 2 aromatic carbocycles. The Morgan fingerprint density at radius 3 is 2.50 bits per heavy atom. The minimum Gasteiger partial charge on any atom is -0.493 e. The predicted molar refractivity (Wildman–Crippen MR) is 85.8 cm³/mol. The van der Waals surface area contributed by atoms with Crippen LogP contribution in [0.4, 0.5) is 5.69 Å². The maximum atomic E-state index is 12.1. The highest BCUT2D eigenvalue weighted by molar-refractivity contribution is 5.96. The van der Waals surface area contributed by atoms with Gasteiger partial charge in [-0.3, -0.25) is 4.79 Å². The van der Waals surface area contributed by atoms with Gasteiger partial charge in [0.2, 0.25) is 5.91 Å². The van der Waals surface area contributed by atoms with E-state index in [1.807, 2.05) is 18.2 Å². The molecule has 1 aliphatic heterocycles. The van der Waals surface area contributed by atoms with E-state index in [2.05, 4.69) is 30.4 Å². The molecule has 0 saturated carbocycles. The molecule has 2 aromatic rings. The molecule has 1 N–H and O–H groups in total. The largest absolute Gasteiger partial charge is 0.493 e. The van der Waals surface area contributed by atoms with Crippen molar-refractivity contribution in [2.75, 3.05) is 19.5 Å². The number of hydrogen-bond acceptors (Lipinski definition) is 3. The van der Waals surface area contributed by atoms with Gasteiger partial charge in [-0.25, -0.2) is 0 Å². The van der Waals surface area contributed by atoms with E-state index in [-0.39, 0.29) is 11.8 Å². The maximum Gasteiger partial charge on any atom is 0.225 e. The van der Waals surface area contributed by atoms with Crippen molar-refractivity contribution in [2.45, 2.75) is 19.3 Å². The van der Waals surface area contributed by atoms with Crippen molar-refractivity contribution >= 4 is 11.6 Å². The molecule has 22 heavy (non-hydrogen) atoms. The number of methoxy groups -OCH3 is 2. The number of rotatable bonds is 3. The van der Waals surface area contributed by atoms with E-state index in [1.165, 1.54) is 5.56 Å². The summed E-state index contributed by atoms with van der Waals surface area (Å²) in [6.45, 7) is 2.06. The fourth-order valence-electron chi connectivity index (χ4n) is 2.97. The van der Waals surface area contributed by atoms with E-state index in [0.717, 1.165) is 16.8 Å². The first-order valence-corrected chi connectivity index (χ1v) is 7.24. The molecule has 0 bridgehead atoms. The lowest BCUT2D eigenvalue weighted by Crippen LogP contribution is -2.23. The number of ether oxygens (including phenoxy) is 2. The second kappa shape index (κ2) is 5.72. The first-order chi connectivity index (χ1) is 10.6. The molecule has 4 nitrogen and oxygen atoms in total. The second-order valence-corrected chi connectivity index (χ2v) is 5.51. The monoisotopic (exact) mass is 297 g/mol. The third-order valence-electron chi connectivity index (χ3n) is 4.04. The van der Waals surface area contributed by atoms with Gasteiger partial charge in [0.25, 0.3) is 0 Å². The Bertz CT molecular complexity index is 724. The molecule has 0 spiro atoms. The lowest BCUT2D eigenvalue weighted by atomic mass is 9.84. The standard InChI is InChI=1S/C18H19NO3/c1-11-5-4-6-12(7-11)13-9-18(20)19-15-10-17(22-3)16(21-2)8-14(13)15/h4-8,10,13H,9H2,1-3H3,(H,19,20)/t13-/m0/s1. The van der Waals surface area contributed by atoms with Gasteiger partial charge in [-0.2, -0.15) is 0 Å². The van der Waals surface area contributed by atoms with Crippen LogP contribution in [0.15, 0.2) is 36.4 Å². The quantitative estimate of drug-likeness (QED) is 0.943. The summed E-state index contributed by atoms with van der Waals surface area (Å²) in [5.41, 5.74) is 4.18. The summed E-state index contributed by atoms with van der Waals surface area (Å²) < 4.78 is 10.7. The van der Waals surface area contributed by atoms with Crippen molar-refractivity contribution in [1.29, 1.82) is 0 Å². The molecule has 0 aromatic heterocycles. The van der Waals surface area contributed by atoms with Crippen LogP contribution in [-0.2, 0) is 4.79 Å². The van der Waals surface area contributed by atoms with Gasteiger partial charge >= 0.3 is 0 Å². The summed E-state index contributed by atoms with van der Waals surface area (Å²) in [7, 11) is 3.21. The van der Waals surface area contributed by atoms with Crippen molar-refractivity contribution in [1.82, 2.24) is 0 Å². The van der Waals surface area contributed by atoms with E-state index in [4.69, 9.17) is 9.47 Å². The van der Waals surface area contributed by atoms with E-state index < -0.39 is 0 Å². The summed E-state index contributed by atoms with van der Waals surface area (Å²) in [6, 6.07) is 12.1. The van der Waals surface area contributed by atoms with Crippen molar-refractivity contribution in [2.24, 2.45) is 0 Å². The zero-order valence-electron chi connectivity index (χ0n) is 13.0. The highest BCUT2D eigenvalue weighted by Crippen LogP contribution is 2.43. The number of fused-ring (bicyclic) bond motifs is 1. The zero-order valence-corrected chi connectivity index (χ0v) is 13.0. The Morgan fingerprint density at radius 2 is 1.82 bits per heavy atom. The van der Waals surface area contributed by atoms with Crippen LogP contribution in [-0.4, -0.2) is 20.1 Å². The maximum absolute atomic E-state index is 12.1. The molecule has 114 valence electrons. The van der Waals surface area contributed by atoms with Gasteiger partial charge in [0.05, 0.1) is 14.2 Å². The number of hydrogen-bond donors (Lipinski definition) is 1. The van der Waals surface area contributed by atoms with Gasteiger partial charge in [-0.1, -0.05) is 29.8 Å². The fourth-order valence-corrected chi connectivity index (χ4v) is 2.97. The van der Waals surface area contributed by atoms with Crippen molar-refractivity contribution in [3.8, 4) is 11.5 Å². The zero-order chi connectivity index (χ0) is 15.7. The predicted octanol–water partition coefficient (Wildman–Crippen LogP) is 3.49. The summed E-state index contributed by atoms with van der Waals surface area (Å²) in [5.74, 6) is 1.34. The lowest BCUT2D eigenvalue weighted by Gasteiger charge is -2.27. The van der Waals surface area contributed by atoms with Gasteiger partial charge in [-0.05, 0) is 24.1 Å². The highest BCUT2D eigenvalue weighted by Gasteiger charge is 2.28. The van der Waals surface area contributed by atoms with E-state index in [1.54, 1.807) is 14.2 Å². The molecule has 0 radical (unpaired) electrons. The van der Waals surface area contributed by atoms with Gasteiger partial charge in [-0.15, -0.1) is 0 Å². The number of anilines is 1. The first-order valence-electron chi connectivity index (χ1n) is 7.24. The molecular formula is C18H19NO3.